The van der Waals surface area contributed by atoms with E-state index >= 15 is 0 Å². The minimum Gasteiger partial charge on any atom is -0.455 e. The molecule has 20 heavy (non-hydrogen) atoms. The molecule has 5 heteroatoms. The second-order valence-electron chi connectivity index (χ2n) is 4.37. The van der Waals surface area contributed by atoms with Gasteiger partial charge in [-0.25, -0.2) is 0 Å². The lowest BCUT2D eigenvalue weighted by Gasteiger charge is -2.12. The Labute approximate surface area is 136 Å². The van der Waals surface area contributed by atoms with E-state index in [1.807, 2.05) is 30.3 Å². The summed E-state index contributed by atoms with van der Waals surface area (Å²) in [4.78, 5) is 4.43. The fraction of sp³-hybridized carbons (Fsp3) is 0.267. The van der Waals surface area contributed by atoms with Crippen LogP contribution >= 0.6 is 31.9 Å². The van der Waals surface area contributed by atoms with Gasteiger partial charge in [-0.2, -0.15) is 0 Å². The van der Waals surface area contributed by atoms with Crippen molar-refractivity contribution >= 4 is 31.9 Å². The van der Waals surface area contributed by atoms with Gasteiger partial charge in [-0.1, -0.05) is 22.9 Å². The van der Waals surface area contributed by atoms with Crippen molar-refractivity contribution < 1.29 is 4.74 Å². The zero-order valence-electron chi connectivity index (χ0n) is 11.4. The Kier molecular flexibility index (Phi) is 5.57. The molecule has 1 aromatic carbocycles. The summed E-state index contributed by atoms with van der Waals surface area (Å²) in [6.45, 7) is 5.10. The van der Waals surface area contributed by atoms with Gasteiger partial charge in [0.2, 0.25) is 0 Å². The largest absolute Gasteiger partial charge is 0.455 e. The molecule has 0 spiro atoms. The molecule has 3 nitrogen and oxygen atoms in total. The molecule has 0 saturated heterocycles. The standard InChI is InChI=1S/C15H16Br2N2O/c1-3-18-10(2)14-6-5-12(9-19-14)20-15-7-4-11(16)8-13(15)17/h4-10,18H,3H2,1-2H3. The monoisotopic (exact) mass is 398 g/mol. The zero-order chi connectivity index (χ0) is 14.5. The van der Waals surface area contributed by atoms with E-state index in [-0.39, 0.29) is 6.04 Å². The normalized spacial score (nSPS) is 12.2. The highest BCUT2D eigenvalue weighted by atomic mass is 79.9. The molecule has 2 aromatic rings. The van der Waals surface area contributed by atoms with Crippen molar-refractivity contribution in [2.75, 3.05) is 6.54 Å². The van der Waals surface area contributed by atoms with Gasteiger partial charge >= 0.3 is 0 Å². The fourth-order valence-corrected chi connectivity index (χ4v) is 2.93. The van der Waals surface area contributed by atoms with Gasteiger partial charge in [0.1, 0.15) is 11.5 Å². The van der Waals surface area contributed by atoms with Gasteiger partial charge in [-0.15, -0.1) is 0 Å². The minimum atomic E-state index is 0.244. The first kappa shape index (κ1) is 15.5. The molecule has 0 aliphatic rings. The van der Waals surface area contributed by atoms with Gasteiger partial charge < -0.3 is 10.1 Å². The summed E-state index contributed by atoms with van der Waals surface area (Å²) in [6, 6.07) is 9.96. The average Bonchev–Trinajstić information content (AvgIpc) is 2.43. The summed E-state index contributed by atoms with van der Waals surface area (Å²) in [7, 11) is 0. The molecule has 1 unspecified atom stereocenters. The van der Waals surface area contributed by atoms with Gasteiger partial charge in [0.05, 0.1) is 16.4 Å². The highest BCUT2D eigenvalue weighted by Gasteiger charge is 2.07. The Bertz CT molecular complexity index is 573. The number of pyridine rings is 1. The van der Waals surface area contributed by atoms with Crippen molar-refractivity contribution in [1.29, 1.82) is 0 Å². The lowest BCUT2D eigenvalue weighted by molar-refractivity contribution is 0.475. The fourth-order valence-electron chi connectivity index (χ4n) is 1.80. The molecule has 0 aliphatic carbocycles. The Balaban J connectivity index is 2.10. The molecule has 1 aromatic heterocycles. The SMILES string of the molecule is CCNC(C)c1ccc(Oc2ccc(Br)cc2Br)cn1. The predicted molar refractivity (Wildman–Crippen MR) is 88.2 cm³/mol. The van der Waals surface area contributed by atoms with E-state index in [4.69, 9.17) is 4.74 Å². The molecule has 106 valence electrons. The van der Waals surface area contributed by atoms with Crippen LogP contribution in [0.4, 0.5) is 0 Å². The van der Waals surface area contributed by atoms with Gasteiger partial charge in [0.15, 0.2) is 0 Å². The summed E-state index contributed by atoms with van der Waals surface area (Å²) in [5.74, 6) is 1.49. The summed E-state index contributed by atoms with van der Waals surface area (Å²) in [6.07, 6.45) is 1.75. The topological polar surface area (TPSA) is 34.1 Å². The number of ether oxygens (including phenoxy) is 1. The summed E-state index contributed by atoms with van der Waals surface area (Å²) < 4.78 is 7.71. The number of hydrogen-bond acceptors (Lipinski definition) is 3. The van der Waals surface area contributed by atoms with Crippen LogP contribution in [-0.4, -0.2) is 11.5 Å². The third-order valence-corrected chi connectivity index (χ3v) is 3.95. The lowest BCUT2D eigenvalue weighted by Crippen LogP contribution is -2.18. The van der Waals surface area contributed by atoms with Crippen molar-refractivity contribution in [3.63, 3.8) is 0 Å². The molecular weight excluding hydrogens is 384 g/mol. The zero-order valence-corrected chi connectivity index (χ0v) is 14.5. The minimum absolute atomic E-state index is 0.244. The van der Waals surface area contributed by atoms with Crippen LogP contribution in [0.25, 0.3) is 0 Å². The van der Waals surface area contributed by atoms with Gasteiger partial charge in [-0.3, -0.25) is 4.98 Å². The molecular formula is C15H16Br2N2O. The Morgan fingerprint density at radius 1 is 1.25 bits per heavy atom. The Hall–Kier alpha value is -0.910. The number of benzene rings is 1. The van der Waals surface area contributed by atoms with E-state index in [9.17, 15) is 0 Å². The van der Waals surface area contributed by atoms with E-state index in [0.717, 1.165) is 32.7 Å². The van der Waals surface area contributed by atoms with Gasteiger partial charge in [-0.05, 0) is 59.7 Å². The van der Waals surface area contributed by atoms with Crippen LogP contribution in [-0.2, 0) is 0 Å². The van der Waals surface area contributed by atoms with Crippen LogP contribution in [0, 0.1) is 0 Å². The predicted octanol–water partition coefficient (Wildman–Crippen LogP) is 5.07. The van der Waals surface area contributed by atoms with Crippen molar-refractivity contribution in [1.82, 2.24) is 10.3 Å². The van der Waals surface area contributed by atoms with Crippen LogP contribution < -0.4 is 10.1 Å². The third kappa shape index (κ3) is 4.04. The molecule has 1 atom stereocenters. The van der Waals surface area contributed by atoms with E-state index in [2.05, 4.69) is 56.0 Å². The molecule has 0 fully saturated rings. The maximum Gasteiger partial charge on any atom is 0.145 e. The second kappa shape index (κ2) is 7.20. The Morgan fingerprint density at radius 3 is 2.65 bits per heavy atom. The number of nitrogens with one attached hydrogen (secondary N) is 1. The molecule has 0 bridgehead atoms. The average molecular weight is 400 g/mol. The third-order valence-electron chi connectivity index (χ3n) is 2.83. The molecule has 0 aliphatic heterocycles. The molecule has 0 radical (unpaired) electrons. The number of nitrogens with zero attached hydrogens (tertiary/aromatic N) is 1. The van der Waals surface area contributed by atoms with Crippen LogP contribution in [0.15, 0.2) is 45.5 Å². The Morgan fingerprint density at radius 2 is 2.05 bits per heavy atom. The van der Waals surface area contributed by atoms with Crippen LogP contribution in [0.3, 0.4) is 0 Å². The summed E-state index contributed by atoms with van der Waals surface area (Å²) >= 11 is 6.89. The quantitative estimate of drug-likeness (QED) is 0.761. The van der Waals surface area contributed by atoms with Gasteiger partial charge in [0.25, 0.3) is 0 Å². The maximum atomic E-state index is 5.81. The number of hydrogen-bond donors (Lipinski definition) is 1. The van der Waals surface area contributed by atoms with Gasteiger partial charge in [0, 0.05) is 10.5 Å². The molecule has 2 rings (SSSR count). The van der Waals surface area contributed by atoms with Crippen LogP contribution in [0.2, 0.25) is 0 Å². The van der Waals surface area contributed by atoms with Crippen molar-refractivity contribution in [3.05, 3.63) is 51.2 Å². The lowest BCUT2D eigenvalue weighted by atomic mass is 10.2. The van der Waals surface area contributed by atoms with Crippen molar-refractivity contribution in [3.8, 4) is 11.5 Å². The first-order chi connectivity index (χ1) is 9.60. The van der Waals surface area contributed by atoms with Crippen molar-refractivity contribution in [2.24, 2.45) is 0 Å². The molecule has 0 amide bonds. The first-order valence-electron chi connectivity index (χ1n) is 6.42. The van der Waals surface area contributed by atoms with Crippen LogP contribution in [0.5, 0.6) is 11.5 Å². The van der Waals surface area contributed by atoms with E-state index in [0.29, 0.717) is 0 Å². The van der Waals surface area contributed by atoms with E-state index in [1.54, 1.807) is 6.20 Å². The van der Waals surface area contributed by atoms with Crippen LogP contribution in [0.1, 0.15) is 25.6 Å². The summed E-state index contributed by atoms with van der Waals surface area (Å²) in [5, 5.41) is 3.33. The smallest absolute Gasteiger partial charge is 0.145 e. The molecule has 1 N–H and O–H groups in total. The molecule has 0 saturated carbocycles. The summed E-state index contributed by atoms with van der Waals surface area (Å²) in [5.41, 5.74) is 1.01. The van der Waals surface area contributed by atoms with Crippen molar-refractivity contribution in [2.45, 2.75) is 19.9 Å². The number of rotatable bonds is 5. The molecule has 1 heterocycles. The highest BCUT2D eigenvalue weighted by molar-refractivity contribution is 9.11. The maximum absolute atomic E-state index is 5.81. The number of halogens is 2. The first-order valence-corrected chi connectivity index (χ1v) is 8.01. The van der Waals surface area contributed by atoms with E-state index in [1.165, 1.54) is 0 Å². The number of aromatic nitrogens is 1. The highest BCUT2D eigenvalue weighted by Crippen LogP contribution is 2.31. The second-order valence-corrected chi connectivity index (χ2v) is 6.14. The van der Waals surface area contributed by atoms with E-state index < -0.39 is 0 Å².